The highest BCUT2D eigenvalue weighted by atomic mass is 35.5. The van der Waals surface area contributed by atoms with Crippen molar-refractivity contribution >= 4 is 80.0 Å². The van der Waals surface area contributed by atoms with Crippen molar-refractivity contribution in [2.24, 2.45) is 4.99 Å². The first kappa shape index (κ1) is 22.2. The van der Waals surface area contributed by atoms with E-state index in [-0.39, 0.29) is 18.9 Å². The second-order valence-electron chi connectivity index (χ2n) is 5.81. The zero-order chi connectivity index (χ0) is 21.0. The molecule has 2 aromatic carbocycles. The van der Waals surface area contributed by atoms with Gasteiger partial charge in [0.2, 0.25) is 5.91 Å². The van der Waals surface area contributed by atoms with Gasteiger partial charge in [-0.05, 0) is 36.4 Å². The Morgan fingerprint density at radius 3 is 2.55 bits per heavy atom. The molecule has 29 heavy (non-hydrogen) atoms. The fourth-order valence-electron chi connectivity index (χ4n) is 2.48. The lowest BCUT2D eigenvalue weighted by atomic mass is 10.3. The van der Waals surface area contributed by atoms with Gasteiger partial charge >= 0.3 is 5.97 Å². The van der Waals surface area contributed by atoms with Gasteiger partial charge in [0.05, 0.1) is 27.4 Å². The number of thiazole rings is 1. The molecule has 1 aromatic heterocycles. The minimum Gasteiger partial charge on any atom is -0.468 e. The SMILES string of the molecule is COC(=O)Cn1c(=NC(=O)CCSc2ccc(Cl)cc2)sc2ccc(Cl)c(Cl)c21. The Labute approximate surface area is 190 Å². The molecule has 0 fully saturated rings. The molecule has 0 saturated heterocycles. The molecule has 5 nitrogen and oxygen atoms in total. The zero-order valence-corrected chi connectivity index (χ0v) is 19.1. The van der Waals surface area contributed by atoms with Crippen LogP contribution in [-0.2, 0) is 20.9 Å². The third-order valence-electron chi connectivity index (χ3n) is 3.87. The Hall–Kier alpha value is -1.51. The molecule has 0 aliphatic carbocycles. The minimum atomic E-state index is -0.479. The van der Waals surface area contributed by atoms with Crippen LogP contribution in [0.25, 0.3) is 10.2 Å². The van der Waals surface area contributed by atoms with Crippen LogP contribution in [-0.4, -0.2) is 29.3 Å². The molecule has 0 N–H and O–H groups in total. The Bertz CT molecular complexity index is 1120. The average molecular weight is 490 g/mol. The van der Waals surface area contributed by atoms with E-state index in [2.05, 4.69) is 4.99 Å². The van der Waals surface area contributed by atoms with Crippen LogP contribution in [0, 0.1) is 0 Å². The standard InChI is InChI=1S/C19H15Cl3N2O3S2/c1-27-16(26)10-24-18-14(7-6-13(21)17(18)22)29-19(24)23-15(25)8-9-28-12-4-2-11(20)3-5-12/h2-7H,8-10H2,1H3. The number of ether oxygens (including phenoxy) is 1. The first-order valence-electron chi connectivity index (χ1n) is 8.39. The Morgan fingerprint density at radius 1 is 1.14 bits per heavy atom. The van der Waals surface area contributed by atoms with Crippen molar-refractivity contribution in [3.05, 3.63) is 56.3 Å². The van der Waals surface area contributed by atoms with Gasteiger partial charge in [-0.3, -0.25) is 9.59 Å². The van der Waals surface area contributed by atoms with E-state index >= 15 is 0 Å². The number of halogens is 3. The van der Waals surface area contributed by atoms with E-state index in [0.29, 0.717) is 31.1 Å². The molecule has 0 aliphatic heterocycles. The third kappa shape index (κ3) is 5.55. The Kier molecular flexibility index (Phi) is 7.65. The Balaban J connectivity index is 1.84. The first-order chi connectivity index (χ1) is 13.9. The Morgan fingerprint density at radius 2 is 1.86 bits per heavy atom. The van der Waals surface area contributed by atoms with Crippen molar-refractivity contribution in [3.63, 3.8) is 0 Å². The lowest BCUT2D eigenvalue weighted by Gasteiger charge is -2.06. The smallest absolute Gasteiger partial charge is 0.325 e. The number of nitrogens with zero attached hydrogens (tertiary/aromatic N) is 2. The van der Waals surface area contributed by atoms with E-state index in [1.807, 2.05) is 12.1 Å². The lowest BCUT2D eigenvalue weighted by molar-refractivity contribution is -0.141. The fourth-order valence-corrected chi connectivity index (χ4v) is 4.98. The summed E-state index contributed by atoms with van der Waals surface area (Å²) in [6.07, 6.45) is 0.244. The number of hydrogen-bond donors (Lipinski definition) is 0. The monoisotopic (exact) mass is 488 g/mol. The van der Waals surface area contributed by atoms with Gasteiger partial charge in [-0.15, -0.1) is 11.8 Å². The summed E-state index contributed by atoms with van der Waals surface area (Å²) < 4.78 is 7.08. The van der Waals surface area contributed by atoms with Gasteiger partial charge in [-0.2, -0.15) is 4.99 Å². The van der Waals surface area contributed by atoms with E-state index < -0.39 is 5.97 Å². The molecule has 0 unspecified atom stereocenters. The minimum absolute atomic E-state index is 0.123. The predicted octanol–water partition coefficient (Wildman–Crippen LogP) is 5.45. The van der Waals surface area contributed by atoms with Crippen LogP contribution in [0.4, 0.5) is 0 Å². The highest BCUT2D eigenvalue weighted by molar-refractivity contribution is 7.99. The van der Waals surface area contributed by atoms with Gasteiger partial charge in [0.1, 0.15) is 6.54 Å². The van der Waals surface area contributed by atoms with E-state index in [1.54, 1.807) is 40.6 Å². The van der Waals surface area contributed by atoms with Gasteiger partial charge in [-0.1, -0.05) is 46.1 Å². The maximum atomic E-state index is 12.4. The van der Waals surface area contributed by atoms with E-state index in [4.69, 9.17) is 39.5 Å². The first-order valence-corrected chi connectivity index (χ1v) is 11.3. The third-order valence-corrected chi connectivity index (χ3v) is 6.97. The summed E-state index contributed by atoms with van der Waals surface area (Å²) >= 11 is 21.1. The van der Waals surface area contributed by atoms with Crippen LogP contribution in [0.15, 0.2) is 46.3 Å². The predicted molar refractivity (Wildman–Crippen MR) is 119 cm³/mol. The molecule has 10 heteroatoms. The van der Waals surface area contributed by atoms with Gasteiger partial charge in [-0.25, -0.2) is 0 Å². The number of aromatic nitrogens is 1. The van der Waals surface area contributed by atoms with Crippen LogP contribution >= 0.6 is 57.9 Å². The molecular formula is C19H15Cl3N2O3S2. The summed E-state index contributed by atoms with van der Waals surface area (Å²) in [5.41, 5.74) is 0.552. The summed E-state index contributed by atoms with van der Waals surface area (Å²) in [6, 6.07) is 10.9. The molecule has 1 heterocycles. The second kappa shape index (κ2) is 10.00. The fraction of sp³-hybridized carbons (Fsp3) is 0.211. The van der Waals surface area contributed by atoms with Gasteiger partial charge in [0, 0.05) is 22.1 Å². The van der Waals surface area contributed by atoms with E-state index in [0.717, 1.165) is 9.60 Å². The normalized spacial score (nSPS) is 11.8. The number of fused-ring (bicyclic) bond motifs is 1. The van der Waals surface area contributed by atoms with Gasteiger partial charge in [0.15, 0.2) is 4.80 Å². The molecule has 0 atom stereocenters. The van der Waals surface area contributed by atoms with E-state index in [1.165, 1.54) is 18.4 Å². The summed E-state index contributed by atoms with van der Waals surface area (Å²) in [7, 11) is 1.29. The molecular weight excluding hydrogens is 475 g/mol. The van der Waals surface area contributed by atoms with Crippen LogP contribution in [0.5, 0.6) is 0 Å². The maximum Gasteiger partial charge on any atom is 0.325 e. The second-order valence-corrected chi connectivity index (χ2v) is 9.21. The quantitative estimate of drug-likeness (QED) is 0.341. The van der Waals surface area contributed by atoms with Crippen LogP contribution < -0.4 is 4.80 Å². The van der Waals surface area contributed by atoms with Crippen molar-refractivity contribution in [2.45, 2.75) is 17.9 Å². The highest BCUT2D eigenvalue weighted by Gasteiger charge is 2.16. The molecule has 152 valence electrons. The summed E-state index contributed by atoms with van der Waals surface area (Å²) in [6.45, 7) is -0.123. The van der Waals surface area contributed by atoms with Crippen molar-refractivity contribution in [3.8, 4) is 0 Å². The molecule has 0 aliphatic rings. The number of carbonyl (C=O) groups is 2. The number of benzene rings is 2. The lowest BCUT2D eigenvalue weighted by Crippen LogP contribution is -2.22. The van der Waals surface area contributed by atoms with Gasteiger partial charge < -0.3 is 9.30 Å². The van der Waals surface area contributed by atoms with Crippen molar-refractivity contribution in [1.29, 1.82) is 0 Å². The zero-order valence-electron chi connectivity index (χ0n) is 15.2. The number of esters is 1. The molecule has 0 radical (unpaired) electrons. The number of carbonyl (C=O) groups excluding carboxylic acids is 2. The number of methoxy groups -OCH3 is 1. The van der Waals surface area contributed by atoms with Crippen LogP contribution in [0.3, 0.4) is 0 Å². The van der Waals surface area contributed by atoms with Gasteiger partial charge in [0.25, 0.3) is 0 Å². The molecule has 0 bridgehead atoms. The number of rotatable bonds is 6. The largest absolute Gasteiger partial charge is 0.468 e. The van der Waals surface area contributed by atoms with Crippen LogP contribution in [0.1, 0.15) is 6.42 Å². The molecule has 0 saturated carbocycles. The molecule has 3 aromatic rings. The molecule has 3 rings (SSSR count). The molecule has 0 spiro atoms. The topological polar surface area (TPSA) is 60.7 Å². The summed E-state index contributed by atoms with van der Waals surface area (Å²) in [5.74, 6) is -0.204. The van der Waals surface area contributed by atoms with Crippen molar-refractivity contribution in [2.75, 3.05) is 12.9 Å². The van der Waals surface area contributed by atoms with E-state index in [9.17, 15) is 9.59 Å². The number of amides is 1. The van der Waals surface area contributed by atoms with Crippen molar-refractivity contribution in [1.82, 2.24) is 4.57 Å². The number of thioether (sulfide) groups is 1. The highest BCUT2D eigenvalue weighted by Crippen LogP contribution is 2.32. The van der Waals surface area contributed by atoms with Crippen molar-refractivity contribution < 1.29 is 14.3 Å². The summed E-state index contributed by atoms with van der Waals surface area (Å²) in [4.78, 5) is 29.9. The van der Waals surface area contributed by atoms with Crippen LogP contribution in [0.2, 0.25) is 15.1 Å². The average Bonchev–Trinajstić information content (AvgIpc) is 3.03. The maximum absolute atomic E-state index is 12.4. The number of hydrogen-bond acceptors (Lipinski definition) is 5. The molecule has 1 amide bonds. The summed E-state index contributed by atoms with van der Waals surface area (Å²) in [5, 5.41) is 1.32.